The minimum atomic E-state index is -3.79. The van der Waals surface area contributed by atoms with E-state index < -0.39 is 28.5 Å². The van der Waals surface area contributed by atoms with Crippen LogP contribution in [0.3, 0.4) is 0 Å². The molecule has 0 aliphatic heterocycles. The molecule has 0 aromatic heterocycles. The van der Waals surface area contributed by atoms with E-state index in [9.17, 15) is 18.0 Å². The number of rotatable bonds is 11. The highest BCUT2D eigenvalue weighted by Crippen LogP contribution is 2.23. The van der Waals surface area contributed by atoms with Crippen LogP contribution >= 0.6 is 31.9 Å². The van der Waals surface area contributed by atoms with Crippen molar-refractivity contribution in [2.45, 2.75) is 25.9 Å². The summed E-state index contributed by atoms with van der Waals surface area (Å²) in [6.07, 6.45) is 1.34. The SMILES string of the molecule is CCNC(=O)C(Cc1ccccc1)N(Cc1cccc(Br)c1)C(=O)CN(c1ccc(Br)cc1)S(C)(=O)=O. The molecule has 2 amide bonds. The van der Waals surface area contributed by atoms with Crippen LogP contribution in [-0.2, 0) is 32.6 Å². The van der Waals surface area contributed by atoms with Crippen molar-refractivity contribution in [3.63, 3.8) is 0 Å². The largest absolute Gasteiger partial charge is 0.355 e. The van der Waals surface area contributed by atoms with Gasteiger partial charge in [-0.25, -0.2) is 8.42 Å². The van der Waals surface area contributed by atoms with Gasteiger partial charge in [0.25, 0.3) is 0 Å². The molecular formula is C27H29Br2N3O4S. The zero-order valence-corrected chi connectivity index (χ0v) is 24.6. The van der Waals surface area contributed by atoms with E-state index >= 15 is 0 Å². The molecule has 0 aliphatic rings. The van der Waals surface area contributed by atoms with Crippen molar-refractivity contribution in [1.29, 1.82) is 0 Å². The molecule has 0 bridgehead atoms. The summed E-state index contributed by atoms with van der Waals surface area (Å²) in [5, 5.41) is 2.84. The molecule has 0 aliphatic carbocycles. The Kier molecular flexibility index (Phi) is 10.3. The Morgan fingerprint density at radius 2 is 1.54 bits per heavy atom. The standard InChI is InChI=1S/C27H29Br2N3O4S/c1-3-30-27(34)25(17-20-8-5-4-6-9-20)31(18-21-10-7-11-23(29)16-21)26(33)19-32(37(2,35)36)24-14-12-22(28)13-15-24/h4-16,25H,3,17-19H2,1-2H3,(H,30,34). The highest BCUT2D eigenvalue weighted by Gasteiger charge is 2.32. The molecule has 3 rings (SSSR count). The fourth-order valence-corrected chi connectivity index (χ4v) is 5.46. The van der Waals surface area contributed by atoms with Crippen LogP contribution < -0.4 is 9.62 Å². The van der Waals surface area contributed by atoms with Gasteiger partial charge in [0.1, 0.15) is 12.6 Å². The second-order valence-corrected chi connectivity index (χ2v) is 12.2. The van der Waals surface area contributed by atoms with E-state index in [4.69, 9.17) is 0 Å². The number of hydrogen-bond donors (Lipinski definition) is 1. The molecule has 1 atom stereocenters. The van der Waals surface area contributed by atoms with Crippen LogP contribution in [0.4, 0.5) is 5.69 Å². The van der Waals surface area contributed by atoms with Gasteiger partial charge in [-0.3, -0.25) is 13.9 Å². The van der Waals surface area contributed by atoms with Gasteiger partial charge in [0.15, 0.2) is 0 Å². The van der Waals surface area contributed by atoms with Gasteiger partial charge in [0, 0.05) is 28.5 Å². The molecule has 0 saturated heterocycles. The lowest BCUT2D eigenvalue weighted by Gasteiger charge is -2.33. The number of carbonyl (C=O) groups is 2. The number of nitrogens with zero attached hydrogens (tertiary/aromatic N) is 2. The third-order valence-corrected chi connectivity index (χ3v) is 7.82. The third kappa shape index (κ3) is 8.41. The molecule has 1 N–H and O–H groups in total. The number of amides is 2. The average molecular weight is 651 g/mol. The molecule has 10 heteroatoms. The van der Waals surface area contributed by atoms with Crippen molar-refractivity contribution in [2.75, 3.05) is 23.7 Å². The molecule has 3 aromatic rings. The Morgan fingerprint density at radius 1 is 0.892 bits per heavy atom. The van der Waals surface area contributed by atoms with Gasteiger partial charge in [0.2, 0.25) is 21.8 Å². The fraction of sp³-hybridized carbons (Fsp3) is 0.259. The van der Waals surface area contributed by atoms with Crippen LogP contribution in [0.1, 0.15) is 18.1 Å². The first-order chi connectivity index (χ1) is 17.6. The second kappa shape index (κ2) is 13.2. The number of sulfonamides is 1. The molecule has 3 aromatic carbocycles. The maximum Gasteiger partial charge on any atom is 0.244 e. The van der Waals surface area contributed by atoms with Crippen molar-refractivity contribution in [3.8, 4) is 0 Å². The quantitative estimate of drug-likeness (QED) is 0.325. The van der Waals surface area contributed by atoms with Crippen molar-refractivity contribution in [3.05, 3.63) is 98.9 Å². The molecular weight excluding hydrogens is 622 g/mol. The Hall–Kier alpha value is -2.69. The number of carbonyl (C=O) groups excluding carboxylic acids is 2. The molecule has 37 heavy (non-hydrogen) atoms. The number of likely N-dealkylation sites (N-methyl/N-ethyl adjacent to an activating group) is 1. The topological polar surface area (TPSA) is 86.8 Å². The lowest BCUT2D eigenvalue weighted by Crippen LogP contribution is -2.53. The number of nitrogens with one attached hydrogen (secondary N) is 1. The normalized spacial score (nSPS) is 12.0. The zero-order chi connectivity index (χ0) is 27.0. The summed E-state index contributed by atoms with van der Waals surface area (Å²) >= 11 is 6.81. The molecule has 0 spiro atoms. The maximum absolute atomic E-state index is 13.9. The first-order valence-corrected chi connectivity index (χ1v) is 15.1. The summed E-state index contributed by atoms with van der Waals surface area (Å²) in [5.41, 5.74) is 2.05. The second-order valence-electron chi connectivity index (χ2n) is 8.50. The Balaban J connectivity index is 2.03. The first kappa shape index (κ1) is 28.9. The predicted octanol–water partition coefficient (Wildman–Crippen LogP) is 4.75. The average Bonchev–Trinajstić information content (AvgIpc) is 2.85. The minimum absolute atomic E-state index is 0.130. The molecule has 0 radical (unpaired) electrons. The Bertz CT molecular complexity index is 1320. The van der Waals surface area contributed by atoms with Gasteiger partial charge in [-0.05, 0) is 54.4 Å². The molecule has 0 fully saturated rings. The lowest BCUT2D eigenvalue weighted by molar-refractivity contribution is -0.140. The van der Waals surface area contributed by atoms with Gasteiger partial charge in [-0.1, -0.05) is 74.3 Å². The summed E-state index contributed by atoms with van der Waals surface area (Å²) in [7, 11) is -3.79. The third-order valence-electron chi connectivity index (χ3n) is 5.66. The van der Waals surface area contributed by atoms with Gasteiger partial charge < -0.3 is 10.2 Å². The fourth-order valence-electron chi connectivity index (χ4n) is 3.90. The predicted molar refractivity (Wildman–Crippen MR) is 154 cm³/mol. The first-order valence-electron chi connectivity index (χ1n) is 11.7. The highest BCUT2D eigenvalue weighted by molar-refractivity contribution is 9.10. The van der Waals surface area contributed by atoms with Crippen LogP contribution in [0, 0.1) is 0 Å². The van der Waals surface area contributed by atoms with E-state index in [0.29, 0.717) is 12.2 Å². The maximum atomic E-state index is 13.9. The van der Waals surface area contributed by atoms with E-state index in [-0.39, 0.29) is 18.9 Å². The summed E-state index contributed by atoms with van der Waals surface area (Å²) in [6, 6.07) is 22.7. The summed E-state index contributed by atoms with van der Waals surface area (Å²) in [6.45, 7) is 1.90. The minimum Gasteiger partial charge on any atom is -0.355 e. The van der Waals surface area contributed by atoms with Crippen LogP contribution in [0.15, 0.2) is 87.8 Å². The molecule has 1 unspecified atom stereocenters. The number of hydrogen-bond acceptors (Lipinski definition) is 4. The van der Waals surface area contributed by atoms with E-state index in [1.165, 1.54) is 4.90 Å². The zero-order valence-electron chi connectivity index (χ0n) is 20.6. The number of benzene rings is 3. The van der Waals surface area contributed by atoms with E-state index in [1.54, 1.807) is 24.3 Å². The van der Waals surface area contributed by atoms with Gasteiger partial charge in [0.05, 0.1) is 11.9 Å². The number of halogens is 2. The van der Waals surface area contributed by atoms with Crippen molar-refractivity contribution in [2.24, 2.45) is 0 Å². The van der Waals surface area contributed by atoms with Crippen molar-refractivity contribution < 1.29 is 18.0 Å². The lowest BCUT2D eigenvalue weighted by atomic mass is 10.0. The van der Waals surface area contributed by atoms with Crippen LogP contribution in [0.2, 0.25) is 0 Å². The molecule has 0 heterocycles. The van der Waals surface area contributed by atoms with Gasteiger partial charge in [-0.2, -0.15) is 0 Å². The van der Waals surface area contributed by atoms with Crippen LogP contribution in [0.5, 0.6) is 0 Å². The number of anilines is 1. The van der Waals surface area contributed by atoms with E-state index in [1.807, 2.05) is 61.5 Å². The van der Waals surface area contributed by atoms with Crippen LogP contribution in [0.25, 0.3) is 0 Å². The summed E-state index contributed by atoms with van der Waals surface area (Å²) in [5.74, 6) is -0.787. The van der Waals surface area contributed by atoms with Gasteiger partial charge in [-0.15, -0.1) is 0 Å². The van der Waals surface area contributed by atoms with Gasteiger partial charge >= 0.3 is 0 Å². The summed E-state index contributed by atoms with van der Waals surface area (Å²) in [4.78, 5) is 28.6. The molecule has 0 saturated carbocycles. The Labute approximate surface area is 235 Å². The van der Waals surface area contributed by atoms with E-state index in [0.717, 1.165) is 30.6 Å². The Morgan fingerprint density at radius 3 is 2.14 bits per heavy atom. The van der Waals surface area contributed by atoms with Crippen LogP contribution in [-0.4, -0.2) is 50.5 Å². The van der Waals surface area contributed by atoms with Crippen molar-refractivity contribution >= 4 is 59.4 Å². The van der Waals surface area contributed by atoms with Crippen molar-refractivity contribution in [1.82, 2.24) is 10.2 Å². The summed E-state index contributed by atoms with van der Waals surface area (Å²) < 4.78 is 28.1. The van der Waals surface area contributed by atoms with E-state index in [2.05, 4.69) is 37.2 Å². The smallest absolute Gasteiger partial charge is 0.244 e. The molecule has 7 nitrogen and oxygen atoms in total. The monoisotopic (exact) mass is 649 g/mol. The molecule has 196 valence electrons. The highest BCUT2D eigenvalue weighted by atomic mass is 79.9.